The first kappa shape index (κ1) is 26.4. The number of likely N-dealkylation sites (tertiary alicyclic amines) is 1. The molecule has 7 heteroatoms. The normalized spacial score (nSPS) is 14.6. The van der Waals surface area contributed by atoms with Crippen LogP contribution in [0.4, 0.5) is 5.69 Å². The largest absolute Gasteiger partial charge is 0.478 e. The van der Waals surface area contributed by atoms with Gasteiger partial charge in [0.15, 0.2) is 0 Å². The quantitative estimate of drug-likeness (QED) is 0.382. The maximum Gasteiger partial charge on any atom is 0.335 e. The number of aromatic carboxylic acids is 1. The molecule has 0 saturated carbocycles. The number of benzene rings is 3. The van der Waals surface area contributed by atoms with Gasteiger partial charge in [-0.15, -0.1) is 0 Å². The Morgan fingerprint density at radius 1 is 0.946 bits per heavy atom. The Morgan fingerprint density at radius 3 is 2.16 bits per heavy atom. The summed E-state index contributed by atoms with van der Waals surface area (Å²) in [7, 11) is 0. The molecule has 0 spiro atoms. The van der Waals surface area contributed by atoms with Crippen molar-refractivity contribution in [2.45, 2.75) is 45.3 Å². The molecule has 1 saturated heterocycles. The minimum absolute atomic E-state index is 0.0191. The van der Waals surface area contributed by atoms with Crippen molar-refractivity contribution in [3.05, 3.63) is 90.0 Å². The summed E-state index contributed by atoms with van der Waals surface area (Å²) in [5.74, 6) is 0.570. The fourth-order valence-corrected chi connectivity index (χ4v) is 4.74. The molecule has 1 fully saturated rings. The number of hydrogen-bond donors (Lipinski definition) is 2. The topological polar surface area (TPSA) is 82.1 Å². The Kier molecular flexibility index (Phi) is 8.93. The van der Waals surface area contributed by atoms with Gasteiger partial charge in [-0.3, -0.25) is 14.6 Å². The molecule has 0 atom stereocenters. The lowest BCUT2D eigenvalue weighted by atomic mass is 10.00. The highest BCUT2D eigenvalue weighted by molar-refractivity contribution is 5.92. The van der Waals surface area contributed by atoms with Crippen molar-refractivity contribution in [2.24, 2.45) is 0 Å². The predicted octanol–water partition coefficient (Wildman–Crippen LogP) is 5.49. The number of piperidine rings is 1. The van der Waals surface area contributed by atoms with E-state index in [9.17, 15) is 9.59 Å². The smallest absolute Gasteiger partial charge is 0.335 e. The summed E-state index contributed by atoms with van der Waals surface area (Å²) >= 11 is 0. The van der Waals surface area contributed by atoms with Gasteiger partial charge in [-0.05, 0) is 80.8 Å². The number of anilines is 1. The molecule has 1 amide bonds. The van der Waals surface area contributed by atoms with Crippen molar-refractivity contribution < 1.29 is 19.4 Å². The minimum Gasteiger partial charge on any atom is -0.478 e. The number of carbonyl (C=O) groups excluding carboxylic acids is 1. The number of carbonyl (C=O) groups is 2. The van der Waals surface area contributed by atoms with Crippen LogP contribution in [0, 0.1) is 0 Å². The number of nitrogens with one attached hydrogen (secondary N) is 1. The number of hydrogen-bond acceptors (Lipinski definition) is 5. The second kappa shape index (κ2) is 12.5. The summed E-state index contributed by atoms with van der Waals surface area (Å²) in [5, 5.41) is 12.1. The standard InChI is InChI=1S/C30H35N3O4/c1-22(2)33(20-23-8-10-24(11-9-23)30(35)36)26-16-18-32(19-17-26)21-29(34)31-25-12-14-28(15-13-25)37-27-6-4-3-5-7-27/h3-15,22,26H,16-21H2,1-2H3,(H,31,34)(H,35,36). The Morgan fingerprint density at radius 2 is 1.57 bits per heavy atom. The van der Waals surface area contributed by atoms with Crippen LogP contribution in [0.15, 0.2) is 78.9 Å². The van der Waals surface area contributed by atoms with Gasteiger partial charge in [0.25, 0.3) is 0 Å². The summed E-state index contributed by atoms with van der Waals surface area (Å²) in [6.45, 7) is 7.27. The van der Waals surface area contributed by atoms with Crippen molar-refractivity contribution in [3.8, 4) is 11.5 Å². The average Bonchev–Trinajstić information content (AvgIpc) is 2.90. The molecule has 37 heavy (non-hydrogen) atoms. The molecule has 7 nitrogen and oxygen atoms in total. The summed E-state index contributed by atoms with van der Waals surface area (Å²) in [4.78, 5) is 28.5. The molecular weight excluding hydrogens is 466 g/mol. The highest BCUT2D eigenvalue weighted by Gasteiger charge is 2.27. The minimum atomic E-state index is -0.905. The highest BCUT2D eigenvalue weighted by atomic mass is 16.5. The molecule has 0 unspecified atom stereocenters. The zero-order valence-electron chi connectivity index (χ0n) is 21.5. The highest BCUT2D eigenvalue weighted by Crippen LogP contribution is 2.24. The van der Waals surface area contributed by atoms with E-state index >= 15 is 0 Å². The number of rotatable bonds is 10. The van der Waals surface area contributed by atoms with Crippen LogP contribution in [-0.2, 0) is 11.3 Å². The lowest BCUT2D eigenvalue weighted by molar-refractivity contribution is -0.117. The van der Waals surface area contributed by atoms with E-state index in [0.29, 0.717) is 24.2 Å². The van der Waals surface area contributed by atoms with E-state index in [0.717, 1.165) is 55.2 Å². The number of ether oxygens (including phenoxy) is 1. The van der Waals surface area contributed by atoms with Crippen LogP contribution in [0.5, 0.6) is 11.5 Å². The van der Waals surface area contributed by atoms with Crippen molar-refractivity contribution in [2.75, 3.05) is 25.0 Å². The van der Waals surface area contributed by atoms with Gasteiger partial charge in [-0.2, -0.15) is 0 Å². The lowest BCUT2D eigenvalue weighted by Gasteiger charge is -2.40. The van der Waals surface area contributed by atoms with Gasteiger partial charge in [-0.25, -0.2) is 4.79 Å². The molecule has 1 aliphatic rings. The third kappa shape index (κ3) is 7.65. The maximum absolute atomic E-state index is 12.7. The second-order valence-corrected chi connectivity index (χ2v) is 9.76. The summed E-state index contributed by atoms with van der Waals surface area (Å²) in [6, 6.07) is 24.9. The molecule has 3 aromatic carbocycles. The van der Waals surface area contributed by atoms with Gasteiger partial charge in [0.2, 0.25) is 5.91 Å². The van der Waals surface area contributed by atoms with Crippen LogP contribution < -0.4 is 10.1 Å². The molecule has 0 aliphatic carbocycles. The summed E-state index contributed by atoms with van der Waals surface area (Å²) in [6.07, 6.45) is 1.98. The van der Waals surface area contributed by atoms with Crippen molar-refractivity contribution in [1.82, 2.24) is 9.80 Å². The molecule has 194 valence electrons. The molecule has 3 aromatic rings. The molecule has 0 aromatic heterocycles. The molecule has 1 aliphatic heterocycles. The van der Waals surface area contributed by atoms with E-state index in [1.807, 2.05) is 66.7 Å². The third-order valence-corrected chi connectivity index (χ3v) is 6.74. The predicted molar refractivity (Wildman–Crippen MR) is 145 cm³/mol. The van der Waals surface area contributed by atoms with Crippen LogP contribution >= 0.6 is 0 Å². The number of amides is 1. The van der Waals surface area contributed by atoms with Gasteiger partial charge < -0.3 is 15.2 Å². The molecule has 4 rings (SSSR count). The lowest BCUT2D eigenvalue weighted by Crippen LogP contribution is -2.48. The first-order valence-electron chi connectivity index (χ1n) is 12.8. The van der Waals surface area contributed by atoms with Crippen LogP contribution in [-0.4, -0.2) is 58.5 Å². The van der Waals surface area contributed by atoms with Gasteiger partial charge >= 0.3 is 5.97 Å². The fourth-order valence-electron chi connectivity index (χ4n) is 4.74. The van der Waals surface area contributed by atoms with E-state index in [-0.39, 0.29) is 5.91 Å². The van der Waals surface area contributed by atoms with Crippen molar-refractivity contribution in [3.63, 3.8) is 0 Å². The van der Waals surface area contributed by atoms with Crippen LogP contribution in [0.25, 0.3) is 0 Å². The zero-order chi connectivity index (χ0) is 26.2. The van der Waals surface area contributed by atoms with Gasteiger partial charge in [0.05, 0.1) is 12.1 Å². The first-order valence-corrected chi connectivity index (χ1v) is 12.8. The van der Waals surface area contributed by atoms with Gasteiger partial charge in [-0.1, -0.05) is 30.3 Å². The Balaban J connectivity index is 1.24. The third-order valence-electron chi connectivity index (χ3n) is 6.74. The number of carboxylic acids is 1. The van der Waals surface area contributed by atoms with E-state index in [1.165, 1.54) is 0 Å². The first-order chi connectivity index (χ1) is 17.9. The number of para-hydroxylation sites is 1. The fraction of sp³-hybridized carbons (Fsp3) is 0.333. The van der Waals surface area contributed by atoms with Crippen molar-refractivity contribution in [1.29, 1.82) is 0 Å². The van der Waals surface area contributed by atoms with Crippen molar-refractivity contribution >= 4 is 17.6 Å². The molecule has 0 bridgehead atoms. The summed E-state index contributed by atoms with van der Waals surface area (Å²) < 4.78 is 5.81. The number of nitrogens with zero attached hydrogens (tertiary/aromatic N) is 2. The van der Waals surface area contributed by atoms with Gasteiger partial charge in [0.1, 0.15) is 11.5 Å². The van der Waals surface area contributed by atoms with E-state index < -0.39 is 5.97 Å². The maximum atomic E-state index is 12.7. The molecule has 0 radical (unpaired) electrons. The summed E-state index contributed by atoms with van der Waals surface area (Å²) in [5.41, 5.74) is 2.17. The monoisotopic (exact) mass is 501 g/mol. The van der Waals surface area contributed by atoms with Crippen LogP contribution in [0.3, 0.4) is 0 Å². The second-order valence-electron chi connectivity index (χ2n) is 9.76. The van der Waals surface area contributed by atoms with Crippen LogP contribution in [0.1, 0.15) is 42.6 Å². The molecule has 1 heterocycles. The van der Waals surface area contributed by atoms with E-state index in [4.69, 9.17) is 9.84 Å². The Hall–Kier alpha value is -3.68. The Bertz CT molecular complexity index is 1160. The SMILES string of the molecule is CC(C)N(Cc1ccc(C(=O)O)cc1)C1CCN(CC(=O)Nc2ccc(Oc3ccccc3)cc2)CC1. The Labute approximate surface area is 218 Å². The number of carboxylic acid groups (broad SMARTS) is 1. The molecule has 2 N–H and O–H groups in total. The molecular formula is C30H35N3O4. The van der Waals surface area contributed by atoms with Crippen LogP contribution in [0.2, 0.25) is 0 Å². The average molecular weight is 502 g/mol. The van der Waals surface area contributed by atoms with E-state index in [1.54, 1.807) is 12.1 Å². The zero-order valence-corrected chi connectivity index (χ0v) is 21.5. The van der Waals surface area contributed by atoms with Gasteiger partial charge in [0, 0.05) is 37.4 Å². The van der Waals surface area contributed by atoms with E-state index in [2.05, 4.69) is 29.0 Å².